The van der Waals surface area contributed by atoms with E-state index >= 15 is 0 Å². The lowest BCUT2D eigenvalue weighted by molar-refractivity contribution is 0.0928. The van der Waals surface area contributed by atoms with Crippen molar-refractivity contribution >= 4 is 17.4 Å². The smallest absolute Gasteiger partial charge is 0.269 e. The Kier molecular flexibility index (Phi) is 3.21. The van der Waals surface area contributed by atoms with Gasteiger partial charge in [-0.25, -0.2) is 0 Å². The number of hydrogen-bond donors (Lipinski definition) is 1. The summed E-state index contributed by atoms with van der Waals surface area (Å²) in [5, 5.41) is 1.74. The lowest BCUT2D eigenvalue weighted by Crippen LogP contribution is -2.46. The lowest BCUT2D eigenvalue weighted by Gasteiger charge is -2.30. The van der Waals surface area contributed by atoms with Gasteiger partial charge in [0, 0.05) is 24.1 Å². The average molecular weight is 266 g/mol. The summed E-state index contributed by atoms with van der Waals surface area (Å²) < 4.78 is 0. The summed E-state index contributed by atoms with van der Waals surface area (Å²) in [6, 6.07) is 16.4. The van der Waals surface area contributed by atoms with E-state index in [1.54, 1.807) is 23.2 Å². The zero-order valence-electron chi connectivity index (χ0n) is 10.9. The third-order valence-corrected chi connectivity index (χ3v) is 3.33. The van der Waals surface area contributed by atoms with Crippen LogP contribution in [0.4, 0.5) is 5.69 Å². The van der Waals surface area contributed by atoms with Crippen molar-refractivity contribution in [3.63, 3.8) is 0 Å². The molecule has 100 valence electrons. The number of carbonyl (C=O) groups is 2. The first-order valence-electron chi connectivity index (χ1n) is 6.51. The summed E-state index contributed by atoms with van der Waals surface area (Å²) in [7, 11) is 0. The van der Waals surface area contributed by atoms with Gasteiger partial charge in [0.2, 0.25) is 0 Å². The topological polar surface area (TPSA) is 49.4 Å². The number of nitrogens with one attached hydrogen (secondary N) is 1. The minimum atomic E-state index is -0.172. The van der Waals surface area contributed by atoms with E-state index in [9.17, 15) is 9.59 Å². The van der Waals surface area contributed by atoms with Gasteiger partial charge in [0.05, 0.1) is 5.69 Å². The minimum Gasteiger partial charge on any atom is -0.294 e. The standard InChI is InChI=1S/C16H14N2O2/c19-15-10-11-18(14-9-5-4-8-13(14)15)17-16(20)12-6-2-1-3-7-12/h1-9H,10-11H2,(H,17,20). The molecule has 1 amide bonds. The van der Waals surface area contributed by atoms with E-state index in [0.29, 0.717) is 24.1 Å². The summed E-state index contributed by atoms with van der Waals surface area (Å²) in [5.41, 5.74) is 4.87. The summed E-state index contributed by atoms with van der Waals surface area (Å²) in [4.78, 5) is 24.0. The molecule has 4 nitrogen and oxygen atoms in total. The Bertz CT molecular complexity index is 653. The first-order chi connectivity index (χ1) is 9.75. The fourth-order valence-electron chi connectivity index (χ4n) is 2.31. The molecule has 2 aromatic rings. The molecule has 3 rings (SSSR count). The Morgan fingerprint density at radius 1 is 1.00 bits per heavy atom. The summed E-state index contributed by atoms with van der Waals surface area (Å²) in [6.45, 7) is 0.494. The number of nitrogens with zero attached hydrogens (tertiary/aromatic N) is 1. The third-order valence-electron chi connectivity index (χ3n) is 3.33. The van der Waals surface area contributed by atoms with Gasteiger partial charge in [0.1, 0.15) is 0 Å². The van der Waals surface area contributed by atoms with Crippen molar-refractivity contribution in [2.75, 3.05) is 11.6 Å². The molecule has 0 aliphatic carbocycles. The van der Waals surface area contributed by atoms with Gasteiger partial charge in [-0.15, -0.1) is 0 Å². The van der Waals surface area contributed by atoms with E-state index in [-0.39, 0.29) is 11.7 Å². The number of benzene rings is 2. The van der Waals surface area contributed by atoms with E-state index in [4.69, 9.17) is 0 Å². The quantitative estimate of drug-likeness (QED) is 0.908. The van der Waals surface area contributed by atoms with Crippen LogP contribution in [0.3, 0.4) is 0 Å². The number of para-hydroxylation sites is 1. The molecule has 1 N–H and O–H groups in total. The van der Waals surface area contributed by atoms with Crippen LogP contribution in [-0.4, -0.2) is 18.2 Å². The molecule has 20 heavy (non-hydrogen) atoms. The van der Waals surface area contributed by atoms with Gasteiger partial charge < -0.3 is 0 Å². The van der Waals surface area contributed by atoms with Crippen LogP contribution in [0.2, 0.25) is 0 Å². The van der Waals surface area contributed by atoms with Crippen molar-refractivity contribution in [2.24, 2.45) is 0 Å². The molecule has 0 fully saturated rings. The van der Waals surface area contributed by atoms with Gasteiger partial charge in [0.25, 0.3) is 5.91 Å². The Balaban J connectivity index is 1.84. The number of rotatable bonds is 2. The number of ketones is 1. The number of anilines is 1. The number of Topliss-reactive ketones (excluding diaryl/α,β-unsaturated/α-hetero) is 1. The fraction of sp³-hybridized carbons (Fsp3) is 0.125. The van der Waals surface area contributed by atoms with Crippen LogP contribution >= 0.6 is 0 Å². The number of hydrogen-bond acceptors (Lipinski definition) is 3. The minimum absolute atomic E-state index is 0.116. The van der Waals surface area contributed by atoms with E-state index < -0.39 is 0 Å². The van der Waals surface area contributed by atoms with Gasteiger partial charge in [-0.2, -0.15) is 0 Å². The normalized spacial score (nSPS) is 13.8. The number of fused-ring (bicyclic) bond motifs is 1. The lowest BCUT2D eigenvalue weighted by atomic mass is 10.0. The molecule has 2 aromatic carbocycles. The molecule has 4 heteroatoms. The molecule has 0 saturated heterocycles. The van der Waals surface area contributed by atoms with Crippen LogP contribution in [0.25, 0.3) is 0 Å². The van der Waals surface area contributed by atoms with Crippen molar-refractivity contribution in [3.8, 4) is 0 Å². The van der Waals surface area contributed by atoms with Crippen LogP contribution in [0.1, 0.15) is 27.1 Å². The Morgan fingerprint density at radius 3 is 2.50 bits per heavy atom. The van der Waals surface area contributed by atoms with Crippen LogP contribution in [0.5, 0.6) is 0 Å². The maximum atomic E-state index is 12.2. The highest BCUT2D eigenvalue weighted by Gasteiger charge is 2.23. The first-order valence-corrected chi connectivity index (χ1v) is 6.51. The van der Waals surface area contributed by atoms with Crippen LogP contribution in [-0.2, 0) is 0 Å². The van der Waals surface area contributed by atoms with E-state index in [1.807, 2.05) is 36.4 Å². The predicted octanol–water partition coefficient (Wildman–Crippen LogP) is 2.42. The molecular formula is C16H14N2O2. The van der Waals surface area contributed by atoms with Gasteiger partial charge >= 0.3 is 0 Å². The third kappa shape index (κ3) is 2.28. The zero-order chi connectivity index (χ0) is 13.9. The Labute approximate surface area is 117 Å². The van der Waals surface area contributed by atoms with Crippen LogP contribution in [0, 0.1) is 0 Å². The molecule has 0 atom stereocenters. The zero-order valence-corrected chi connectivity index (χ0v) is 10.9. The maximum Gasteiger partial charge on any atom is 0.269 e. The fourth-order valence-corrected chi connectivity index (χ4v) is 2.31. The number of hydrazine groups is 1. The molecule has 0 saturated carbocycles. The van der Waals surface area contributed by atoms with Crippen molar-refractivity contribution in [2.45, 2.75) is 6.42 Å². The molecule has 1 heterocycles. The number of carbonyl (C=O) groups excluding carboxylic acids is 2. The Hall–Kier alpha value is -2.62. The van der Waals surface area contributed by atoms with E-state index in [1.165, 1.54) is 0 Å². The predicted molar refractivity (Wildman–Crippen MR) is 76.6 cm³/mol. The largest absolute Gasteiger partial charge is 0.294 e. The average Bonchev–Trinajstić information content (AvgIpc) is 2.51. The second-order valence-electron chi connectivity index (χ2n) is 4.65. The highest BCUT2D eigenvalue weighted by molar-refractivity contribution is 6.04. The molecule has 0 unspecified atom stereocenters. The van der Waals surface area contributed by atoms with Crippen LogP contribution in [0.15, 0.2) is 54.6 Å². The summed E-state index contributed by atoms with van der Waals surface area (Å²) >= 11 is 0. The van der Waals surface area contributed by atoms with E-state index in [0.717, 1.165) is 5.69 Å². The molecule has 1 aliphatic rings. The van der Waals surface area contributed by atoms with Crippen LogP contribution < -0.4 is 10.4 Å². The highest BCUT2D eigenvalue weighted by atomic mass is 16.2. The molecule has 0 radical (unpaired) electrons. The summed E-state index contributed by atoms with van der Waals surface area (Å²) in [6.07, 6.45) is 0.409. The second-order valence-corrected chi connectivity index (χ2v) is 4.65. The Morgan fingerprint density at radius 2 is 1.70 bits per heavy atom. The SMILES string of the molecule is O=C(NN1CCC(=O)c2ccccc21)c1ccccc1. The monoisotopic (exact) mass is 266 g/mol. The molecule has 0 bridgehead atoms. The van der Waals surface area contributed by atoms with Gasteiger partial charge in [-0.1, -0.05) is 30.3 Å². The van der Waals surface area contributed by atoms with Gasteiger partial charge in [0.15, 0.2) is 5.78 Å². The maximum absolute atomic E-state index is 12.2. The van der Waals surface area contributed by atoms with Gasteiger partial charge in [-0.3, -0.25) is 20.0 Å². The molecule has 0 aromatic heterocycles. The van der Waals surface area contributed by atoms with Crippen molar-refractivity contribution in [3.05, 3.63) is 65.7 Å². The first kappa shape index (κ1) is 12.4. The van der Waals surface area contributed by atoms with Crippen molar-refractivity contribution in [1.82, 2.24) is 5.43 Å². The second kappa shape index (κ2) is 5.17. The molecule has 0 spiro atoms. The molecule has 1 aliphatic heterocycles. The number of amides is 1. The van der Waals surface area contributed by atoms with Crippen molar-refractivity contribution in [1.29, 1.82) is 0 Å². The van der Waals surface area contributed by atoms with Gasteiger partial charge in [-0.05, 0) is 24.3 Å². The van der Waals surface area contributed by atoms with Crippen molar-refractivity contribution < 1.29 is 9.59 Å². The highest BCUT2D eigenvalue weighted by Crippen LogP contribution is 2.25. The summed E-state index contributed by atoms with van der Waals surface area (Å²) in [5.74, 6) is -0.0550. The molecular weight excluding hydrogens is 252 g/mol. The van der Waals surface area contributed by atoms with E-state index in [2.05, 4.69) is 5.43 Å².